The lowest BCUT2D eigenvalue weighted by Crippen LogP contribution is -2.60. The molecule has 1 fully saturated rings. The van der Waals surface area contributed by atoms with E-state index in [1.165, 1.54) is 212 Å². The number of unbranched alkanes of at least 4 members (excludes halogenated alkanes) is 40. The minimum Gasteiger partial charge on any atom is -0.394 e. The number of ether oxygens (including phenoxy) is 2. The van der Waals surface area contributed by atoms with E-state index in [-0.39, 0.29) is 6.42 Å². The van der Waals surface area contributed by atoms with Gasteiger partial charge >= 0.3 is 0 Å². The summed E-state index contributed by atoms with van der Waals surface area (Å²) in [6.45, 7) is 3.50. The smallest absolute Gasteiger partial charge is 0.249 e. The van der Waals surface area contributed by atoms with Crippen LogP contribution in [-0.2, 0) is 14.3 Å². The van der Waals surface area contributed by atoms with Crippen LogP contribution in [0.5, 0.6) is 0 Å². The maximum Gasteiger partial charge on any atom is 0.249 e. The van der Waals surface area contributed by atoms with E-state index in [1.807, 2.05) is 0 Å². The van der Waals surface area contributed by atoms with E-state index in [1.54, 1.807) is 0 Å². The third-order valence-corrected chi connectivity index (χ3v) is 15.3. The number of hydrogen-bond donors (Lipinski definition) is 8. The molecule has 0 aromatic carbocycles. The van der Waals surface area contributed by atoms with Gasteiger partial charge in [0.05, 0.1) is 25.4 Å². The topological polar surface area (TPSA) is 189 Å². The van der Waals surface area contributed by atoms with Gasteiger partial charge < -0.3 is 50.5 Å². The van der Waals surface area contributed by atoms with Crippen molar-refractivity contribution < 1.29 is 50.0 Å². The minimum atomic E-state index is -1.66. The molecule has 1 aliphatic rings. The third-order valence-electron chi connectivity index (χ3n) is 15.3. The first-order chi connectivity index (χ1) is 35.2. The third kappa shape index (κ3) is 38.4. The molecule has 1 saturated heterocycles. The molecule has 0 aromatic rings. The minimum absolute atomic E-state index is 0.256. The zero-order valence-electron chi connectivity index (χ0n) is 46.9. The first-order valence-electron chi connectivity index (χ1n) is 31.1. The van der Waals surface area contributed by atoms with Crippen LogP contribution in [0.3, 0.4) is 0 Å². The largest absolute Gasteiger partial charge is 0.394 e. The number of carbonyl (C=O) groups excluding carboxylic acids is 1. The average molecular weight is 1030 g/mol. The number of rotatable bonds is 54. The normalized spacial score (nSPS) is 20.0. The van der Waals surface area contributed by atoms with Gasteiger partial charge in [-0.1, -0.05) is 276 Å². The van der Waals surface area contributed by atoms with Crippen LogP contribution >= 0.6 is 0 Å². The van der Waals surface area contributed by atoms with Crippen molar-refractivity contribution in [2.75, 3.05) is 13.2 Å². The second-order valence-corrected chi connectivity index (χ2v) is 22.1. The molecule has 1 heterocycles. The quantitative estimate of drug-likeness (QED) is 0.0215. The van der Waals surface area contributed by atoms with Crippen molar-refractivity contribution in [3.63, 3.8) is 0 Å². The summed E-state index contributed by atoms with van der Waals surface area (Å²) in [5.74, 6) is -0.696. The maximum absolute atomic E-state index is 13.2. The number of aliphatic hydroxyl groups excluding tert-OH is 7. The van der Waals surface area contributed by atoms with Gasteiger partial charge in [-0.3, -0.25) is 4.79 Å². The molecular weight excluding hydrogens is 907 g/mol. The number of amides is 1. The molecule has 1 aliphatic heterocycles. The fraction of sp³-hybridized carbons (Fsp3) is 0.951. The van der Waals surface area contributed by atoms with Gasteiger partial charge in [-0.25, -0.2) is 0 Å². The number of allylic oxidation sites excluding steroid dienone is 2. The lowest BCUT2D eigenvalue weighted by Gasteiger charge is -2.40. The van der Waals surface area contributed by atoms with Gasteiger partial charge in [0.15, 0.2) is 6.29 Å². The molecule has 72 heavy (non-hydrogen) atoms. The second kappa shape index (κ2) is 50.7. The standard InChI is InChI=1S/C61H119NO10/c1-3-5-7-9-11-13-15-17-19-21-23-25-26-27-28-29-31-32-34-36-38-40-42-44-46-48-53(64)56(66)52(51-71-61-59(69)58(68)57(67)55(50-63)72-61)62-60(70)54(65)49-47-45-43-41-39-37-35-33-30-24-22-20-18-16-14-12-10-8-6-4-2/h30,33,52-59,61,63-69H,3-29,31-32,34-51H2,1-2H3,(H,62,70)/b33-30-. The average Bonchev–Trinajstić information content (AvgIpc) is 3.38. The summed E-state index contributed by atoms with van der Waals surface area (Å²) >= 11 is 0. The molecule has 1 amide bonds. The fourth-order valence-corrected chi connectivity index (χ4v) is 10.3. The Hall–Kier alpha value is -1.15. The van der Waals surface area contributed by atoms with E-state index < -0.39 is 74.2 Å². The Kier molecular flexibility index (Phi) is 48.4. The van der Waals surface area contributed by atoms with Crippen LogP contribution in [0.15, 0.2) is 12.2 Å². The van der Waals surface area contributed by atoms with E-state index >= 15 is 0 Å². The molecule has 0 saturated carbocycles. The highest BCUT2D eigenvalue weighted by molar-refractivity contribution is 5.80. The summed E-state index contributed by atoms with van der Waals surface area (Å²) < 4.78 is 11.2. The predicted octanol–water partition coefficient (Wildman–Crippen LogP) is 13.5. The molecule has 9 atom stereocenters. The highest BCUT2D eigenvalue weighted by Crippen LogP contribution is 2.24. The number of hydrogen-bond acceptors (Lipinski definition) is 10. The van der Waals surface area contributed by atoms with Crippen molar-refractivity contribution in [3.8, 4) is 0 Å². The van der Waals surface area contributed by atoms with Gasteiger partial charge in [-0.2, -0.15) is 0 Å². The Morgan fingerprint density at radius 2 is 0.806 bits per heavy atom. The van der Waals surface area contributed by atoms with Gasteiger partial charge in [0.25, 0.3) is 0 Å². The summed E-state index contributed by atoms with van der Waals surface area (Å²) in [4.78, 5) is 13.2. The molecule has 0 spiro atoms. The van der Waals surface area contributed by atoms with Gasteiger partial charge in [-0.15, -0.1) is 0 Å². The van der Waals surface area contributed by atoms with Crippen LogP contribution < -0.4 is 5.32 Å². The van der Waals surface area contributed by atoms with Crippen LogP contribution in [0.1, 0.15) is 303 Å². The summed E-state index contributed by atoms with van der Waals surface area (Å²) in [5.41, 5.74) is 0. The van der Waals surface area contributed by atoms with E-state index in [0.29, 0.717) is 19.3 Å². The summed E-state index contributed by atoms with van der Waals surface area (Å²) in [7, 11) is 0. The zero-order valence-corrected chi connectivity index (χ0v) is 46.9. The summed E-state index contributed by atoms with van der Waals surface area (Å²) in [6.07, 6.45) is 48.4. The Morgan fingerprint density at radius 3 is 1.17 bits per heavy atom. The Labute approximate surface area is 442 Å². The molecule has 0 aromatic heterocycles. The van der Waals surface area contributed by atoms with Crippen LogP contribution in [0, 0.1) is 0 Å². The number of carbonyl (C=O) groups is 1. The molecule has 0 aliphatic carbocycles. The predicted molar refractivity (Wildman–Crippen MR) is 298 cm³/mol. The van der Waals surface area contributed by atoms with Crippen LogP contribution in [0.4, 0.5) is 0 Å². The molecular formula is C61H119NO10. The number of nitrogens with one attached hydrogen (secondary N) is 1. The van der Waals surface area contributed by atoms with E-state index in [0.717, 1.165) is 51.4 Å². The van der Waals surface area contributed by atoms with Gasteiger partial charge in [0, 0.05) is 0 Å². The number of aliphatic hydroxyl groups is 7. The monoisotopic (exact) mass is 1030 g/mol. The highest BCUT2D eigenvalue weighted by atomic mass is 16.7. The van der Waals surface area contributed by atoms with E-state index in [4.69, 9.17) is 9.47 Å². The highest BCUT2D eigenvalue weighted by Gasteiger charge is 2.44. The molecule has 11 nitrogen and oxygen atoms in total. The lowest BCUT2D eigenvalue weighted by molar-refractivity contribution is -0.303. The van der Waals surface area contributed by atoms with Crippen LogP contribution in [0.2, 0.25) is 0 Å². The summed E-state index contributed by atoms with van der Waals surface area (Å²) in [5, 5.41) is 76.3. The van der Waals surface area contributed by atoms with Gasteiger partial charge in [0.1, 0.15) is 36.6 Å². The Bertz CT molecular complexity index is 1180. The van der Waals surface area contributed by atoms with Crippen molar-refractivity contribution in [3.05, 3.63) is 12.2 Å². The van der Waals surface area contributed by atoms with Crippen LogP contribution in [-0.4, -0.2) is 110 Å². The van der Waals surface area contributed by atoms with Crippen molar-refractivity contribution in [2.24, 2.45) is 0 Å². The van der Waals surface area contributed by atoms with Gasteiger partial charge in [0.2, 0.25) is 5.91 Å². The Morgan fingerprint density at radius 1 is 0.472 bits per heavy atom. The fourth-order valence-electron chi connectivity index (χ4n) is 10.3. The molecule has 0 radical (unpaired) electrons. The maximum atomic E-state index is 13.2. The van der Waals surface area contributed by atoms with Crippen LogP contribution in [0.25, 0.3) is 0 Å². The molecule has 8 N–H and O–H groups in total. The lowest BCUT2D eigenvalue weighted by atomic mass is 9.98. The SMILES string of the molecule is CCCCCCCCCCCC/C=C\CCCCCCCCC(O)C(=O)NC(COC1OC(CO)C(O)C(O)C1O)C(O)C(O)CCCCCCCCCCCCCCCCCCCCCCCCCCC. The molecule has 11 heteroatoms. The van der Waals surface area contributed by atoms with E-state index in [9.17, 15) is 40.5 Å². The summed E-state index contributed by atoms with van der Waals surface area (Å²) in [6, 6.07) is -1.17. The van der Waals surface area contributed by atoms with Crippen molar-refractivity contribution in [1.29, 1.82) is 0 Å². The molecule has 0 bridgehead atoms. The molecule has 428 valence electrons. The molecule has 1 rings (SSSR count). The zero-order chi connectivity index (χ0) is 52.5. The first-order valence-corrected chi connectivity index (χ1v) is 31.1. The Balaban J connectivity index is 2.27. The van der Waals surface area contributed by atoms with Crippen molar-refractivity contribution >= 4 is 5.91 Å². The van der Waals surface area contributed by atoms with Gasteiger partial charge in [-0.05, 0) is 38.5 Å². The van der Waals surface area contributed by atoms with Crippen molar-refractivity contribution in [1.82, 2.24) is 5.32 Å². The van der Waals surface area contributed by atoms with E-state index in [2.05, 4.69) is 31.3 Å². The first kappa shape index (κ1) is 68.9. The second-order valence-electron chi connectivity index (χ2n) is 22.1. The molecule has 9 unspecified atom stereocenters. The van der Waals surface area contributed by atoms with Crippen molar-refractivity contribution in [2.45, 2.75) is 358 Å².